The second kappa shape index (κ2) is 4.07. The van der Waals surface area contributed by atoms with Crippen LogP contribution in [0.15, 0.2) is 18.2 Å². The summed E-state index contributed by atoms with van der Waals surface area (Å²) in [6.45, 7) is 9.89. The number of aliphatic hydroxyl groups excluding tert-OH is 1. The van der Waals surface area contributed by atoms with Crippen LogP contribution in [-0.4, -0.2) is 18.1 Å². The van der Waals surface area contributed by atoms with Crippen molar-refractivity contribution >= 4 is 11.6 Å². The number of likely N-dealkylation sites (N-methyl/N-ethyl adjacent to an activating group) is 1. The predicted molar refractivity (Wildman–Crippen MR) is 77.3 cm³/mol. The normalized spacial score (nSPS) is 19.5. The van der Waals surface area contributed by atoms with Gasteiger partial charge in [-0.05, 0) is 36.5 Å². The smallest absolute Gasteiger partial charge is 0.236 e. The number of benzene rings is 1. The van der Waals surface area contributed by atoms with Gasteiger partial charge < -0.3 is 10.0 Å². The molecule has 1 atom stereocenters. The summed E-state index contributed by atoms with van der Waals surface area (Å²) in [6.07, 6.45) is -0.533. The fourth-order valence-electron chi connectivity index (χ4n) is 2.66. The van der Waals surface area contributed by atoms with Gasteiger partial charge in [0.05, 0.1) is 11.5 Å². The number of hydrogen-bond donors (Lipinski definition) is 1. The van der Waals surface area contributed by atoms with Gasteiger partial charge in [0, 0.05) is 12.7 Å². The molecule has 0 saturated carbocycles. The van der Waals surface area contributed by atoms with Crippen molar-refractivity contribution in [3.63, 3.8) is 0 Å². The van der Waals surface area contributed by atoms with Gasteiger partial charge in [-0.2, -0.15) is 0 Å². The first kappa shape index (κ1) is 14.1. The van der Waals surface area contributed by atoms with Gasteiger partial charge >= 0.3 is 0 Å². The van der Waals surface area contributed by atoms with Gasteiger partial charge in [0.2, 0.25) is 5.91 Å². The third-order valence-electron chi connectivity index (χ3n) is 4.03. The molecule has 3 nitrogen and oxygen atoms in total. The zero-order valence-corrected chi connectivity index (χ0v) is 12.6. The van der Waals surface area contributed by atoms with Crippen LogP contribution in [0.4, 0.5) is 5.69 Å². The highest BCUT2D eigenvalue weighted by Gasteiger charge is 2.42. The summed E-state index contributed by atoms with van der Waals surface area (Å²) in [5, 5.41) is 10.4. The van der Waals surface area contributed by atoms with Crippen molar-refractivity contribution in [3.05, 3.63) is 29.3 Å². The maximum atomic E-state index is 12.2. The molecule has 0 bridgehead atoms. The predicted octanol–water partition coefficient (Wildman–Crippen LogP) is 3.02. The van der Waals surface area contributed by atoms with Crippen LogP contribution in [0.3, 0.4) is 0 Å². The van der Waals surface area contributed by atoms with Gasteiger partial charge in [-0.1, -0.05) is 32.9 Å². The van der Waals surface area contributed by atoms with Crippen LogP contribution in [0, 0.1) is 5.41 Å². The van der Waals surface area contributed by atoms with Crippen molar-refractivity contribution in [2.45, 2.75) is 46.1 Å². The minimum Gasteiger partial charge on any atom is -0.388 e. The number of rotatable bonds is 1. The highest BCUT2D eigenvalue weighted by molar-refractivity contribution is 6.07. The molecule has 0 aliphatic carbocycles. The Balaban J connectivity index is 2.52. The SMILES string of the molecule is CN1C(=O)C(C)(C)c2cc(C(O)C(C)(C)C)ccc21. The second-order valence-corrected chi connectivity index (χ2v) is 7.03. The molecular weight excluding hydrogens is 238 g/mol. The van der Waals surface area contributed by atoms with E-state index in [0.717, 1.165) is 16.8 Å². The standard InChI is InChI=1S/C16H23NO2/c1-15(2,3)13(18)10-7-8-12-11(9-10)16(4,5)14(19)17(12)6/h7-9,13,18H,1-6H3. The van der Waals surface area contributed by atoms with Crippen molar-refractivity contribution in [2.75, 3.05) is 11.9 Å². The largest absolute Gasteiger partial charge is 0.388 e. The molecule has 104 valence electrons. The Labute approximate surface area is 115 Å². The molecule has 1 heterocycles. The molecule has 1 aliphatic rings. The molecule has 1 N–H and O–H groups in total. The highest BCUT2D eigenvalue weighted by atomic mass is 16.3. The fourth-order valence-corrected chi connectivity index (χ4v) is 2.66. The van der Waals surface area contributed by atoms with E-state index in [-0.39, 0.29) is 11.3 Å². The molecule has 1 aromatic rings. The summed E-state index contributed by atoms with van der Waals surface area (Å²) in [4.78, 5) is 13.9. The Morgan fingerprint density at radius 3 is 2.37 bits per heavy atom. The number of nitrogens with zero attached hydrogens (tertiary/aromatic N) is 1. The van der Waals surface area contributed by atoms with Crippen LogP contribution in [0.5, 0.6) is 0 Å². The van der Waals surface area contributed by atoms with E-state index in [4.69, 9.17) is 0 Å². The Bertz CT molecular complexity index is 526. The van der Waals surface area contributed by atoms with E-state index in [9.17, 15) is 9.90 Å². The van der Waals surface area contributed by atoms with E-state index in [1.54, 1.807) is 11.9 Å². The minimum atomic E-state index is -0.533. The van der Waals surface area contributed by atoms with Crippen molar-refractivity contribution in [3.8, 4) is 0 Å². The lowest BCUT2D eigenvalue weighted by molar-refractivity contribution is -0.121. The molecule has 2 rings (SSSR count). The first-order chi connectivity index (χ1) is 8.56. The number of amides is 1. The summed E-state index contributed by atoms with van der Waals surface area (Å²) in [7, 11) is 1.80. The van der Waals surface area contributed by atoms with Crippen molar-refractivity contribution in [1.82, 2.24) is 0 Å². The van der Waals surface area contributed by atoms with E-state index >= 15 is 0 Å². The minimum absolute atomic E-state index is 0.102. The van der Waals surface area contributed by atoms with Gasteiger partial charge in [0.1, 0.15) is 0 Å². The molecule has 0 spiro atoms. The zero-order chi connectivity index (χ0) is 14.6. The maximum Gasteiger partial charge on any atom is 0.236 e. The quantitative estimate of drug-likeness (QED) is 0.844. The monoisotopic (exact) mass is 261 g/mol. The maximum absolute atomic E-state index is 12.2. The first-order valence-corrected chi connectivity index (χ1v) is 6.67. The van der Waals surface area contributed by atoms with Crippen LogP contribution in [0.25, 0.3) is 0 Å². The van der Waals surface area contributed by atoms with Crippen LogP contribution in [0.1, 0.15) is 51.8 Å². The third-order valence-corrected chi connectivity index (χ3v) is 4.03. The van der Waals surface area contributed by atoms with Crippen LogP contribution >= 0.6 is 0 Å². The number of anilines is 1. The zero-order valence-electron chi connectivity index (χ0n) is 12.6. The van der Waals surface area contributed by atoms with E-state index in [2.05, 4.69) is 0 Å². The first-order valence-electron chi connectivity index (χ1n) is 6.67. The molecule has 0 fully saturated rings. The number of aliphatic hydroxyl groups is 1. The lowest BCUT2D eigenvalue weighted by Gasteiger charge is -2.27. The molecule has 1 aromatic carbocycles. The van der Waals surface area contributed by atoms with Crippen LogP contribution in [-0.2, 0) is 10.2 Å². The molecule has 1 unspecified atom stereocenters. The van der Waals surface area contributed by atoms with Gasteiger partial charge in [0.25, 0.3) is 0 Å². The van der Waals surface area contributed by atoms with Crippen molar-refractivity contribution in [1.29, 1.82) is 0 Å². The number of carbonyl (C=O) groups is 1. The summed E-state index contributed by atoms with van der Waals surface area (Å²) in [5.41, 5.74) is 2.09. The Hall–Kier alpha value is -1.35. The number of fused-ring (bicyclic) bond motifs is 1. The fraction of sp³-hybridized carbons (Fsp3) is 0.562. The third kappa shape index (κ3) is 2.06. The Morgan fingerprint density at radius 2 is 1.84 bits per heavy atom. The van der Waals surface area contributed by atoms with E-state index in [1.807, 2.05) is 52.8 Å². The molecule has 0 radical (unpaired) electrons. The molecule has 3 heteroatoms. The highest BCUT2D eigenvalue weighted by Crippen LogP contribution is 2.43. The van der Waals surface area contributed by atoms with E-state index < -0.39 is 11.5 Å². The summed E-state index contributed by atoms with van der Waals surface area (Å²) in [5.74, 6) is 0.102. The molecule has 1 aliphatic heterocycles. The summed E-state index contributed by atoms with van der Waals surface area (Å²) in [6, 6.07) is 5.83. The van der Waals surface area contributed by atoms with E-state index in [1.165, 1.54) is 0 Å². The summed E-state index contributed by atoms with van der Waals surface area (Å²) < 4.78 is 0. The van der Waals surface area contributed by atoms with Gasteiger partial charge in [-0.15, -0.1) is 0 Å². The second-order valence-electron chi connectivity index (χ2n) is 7.03. The van der Waals surface area contributed by atoms with E-state index in [0.29, 0.717) is 0 Å². The topological polar surface area (TPSA) is 40.5 Å². The van der Waals surface area contributed by atoms with Crippen LogP contribution in [0.2, 0.25) is 0 Å². The Kier molecular flexibility index (Phi) is 3.01. The van der Waals surface area contributed by atoms with Gasteiger partial charge in [-0.3, -0.25) is 4.79 Å². The summed E-state index contributed by atoms with van der Waals surface area (Å²) >= 11 is 0. The lowest BCUT2D eigenvalue weighted by Crippen LogP contribution is -2.33. The molecular formula is C16H23NO2. The average molecular weight is 261 g/mol. The number of carbonyl (C=O) groups excluding carboxylic acids is 1. The van der Waals surface area contributed by atoms with Gasteiger partial charge in [0.15, 0.2) is 0 Å². The van der Waals surface area contributed by atoms with Crippen molar-refractivity contribution < 1.29 is 9.90 Å². The molecule has 1 amide bonds. The number of hydrogen-bond acceptors (Lipinski definition) is 2. The molecule has 0 aromatic heterocycles. The average Bonchev–Trinajstić information content (AvgIpc) is 2.49. The van der Waals surface area contributed by atoms with Crippen molar-refractivity contribution in [2.24, 2.45) is 5.41 Å². The Morgan fingerprint density at radius 1 is 1.26 bits per heavy atom. The molecule has 19 heavy (non-hydrogen) atoms. The lowest BCUT2D eigenvalue weighted by atomic mass is 9.81. The molecule has 0 saturated heterocycles. The van der Waals surface area contributed by atoms with Gasteiger partial charge in [-0.25, -0.2) is 0 Å². The van der Waals surface area contributed by atoms with Crippen LogP contribution < -0.4 is 4.90 Å².